The van der Waals surface area contributed by atoms with Crippen molar-refractivity contribution >= 4 is 51.9 Å². The van der Waals surface area contributed by atoms with Gasteiger partial charge in [-0.2, -0.15) is 0 Å². The first-order chi connectivity index (χ1) is 41.4. The minimum atomic E-state index is -2.16. The van der Waals surface area contributed by atoms with Gasteiger partial charge in [0.25, 0.3) is 11.7 Å². The van der Waals surface area contributed by atoms with Crippen LogP contribution in [0.1, 0.15) is 127 Å². The van der Waals surface area contributed by atoms with Crippen molar-refractivity contribution in [2.45, 2.75) is 129 Å². The number of carbonyl (C=O) groups excluding carboxylic acids is 5. The van der Waals surface area contributed by atoms with E-state index in [9.17, 15) is 54.0 Å². The molecule has 1 aromatic heterocycles. The van der Waals surface area contributed by atoms with Crippen LogP contribution in [0.5, 0.6) is 17.2 Å². The molecule has 468 valence electrons. The largest absolute Gasteiger partial charge is 0.507 e. The third kappa shape index (κ3) is 11.6. The van der Waals surface area contributed by atoms with Crippen LogP contribution in [0.2, 0.25) is 0 Å². The number of nitrogens with one attached hydrogen (secondary N) is 2. The number of hydrogen-bond donors (Lipinski definition) is 6. The molecule has 11 rings (SSSR count). The Bertz CT molecular complexity index is 3490. The zero-order valence-corrected chi connectivity index (χ0v) is 50.3. The molecular formula is C63H77FN6O17. The van der Waals surface area contributed by atoms with Gasteiger partial charge in [0.15, 0.2) is 11.6 Å². The van der Waals surface area contributed by atoms with Crippen molar-refractivity contribution in [2.75, 3.05) is 71.6 Å². The molecular weight excluding hydrogens is 1130 g/mol. The van der Waals surface area contributed by atoms with Crippen molar-refractivity contribution in [3.05, 3.63) is 104 Å². The number of carboxylic acid groups (broad SMARTS) is 1. The van der Waals surface area contributed by atoms with Crippen molar-refractivity contribution < 1.29 is 82.0 Å². The summed E-state index contributed by atoms with van der Waals surface area (Å²) in [5.74, 6) is -11.2. The predicted octanol–water partition coefficient (Wildman–Crippen LogP) is 5.69. The number of ketones is 3. The molecule has 7 heterocycles. The maximum Gasteiger partial charge on any atom is 0.410 e. The smallest absolute Gasteiger partial charge is 0.410 e. The minimum absolute atomic E-state index is 0.0315. The highest BCUT2D eigenvalue weighted by Gasteiger charge is 2.53. The van der Waals surface area contributed by atoms with E-state index in [4.69, 9.17) is 28.4 Å². The predicted molar refractivity (Wildman–Crippen MR) is 314 cm³/mol. The number of Topliss-reactive ketones (excluding diaryl/α,β-unsaturated/α-hetero) is 3. The van der Waals surface area contributed by atoms with Crippen LogP contribution in [0.3, 0.4) is 0 Å². The SMILES string of the molecule is COc1c(N2CCC(NC3CCN(C(=O)O[C@H]4[C@H](C)[C@H](O)[C@H](C)[C@@H](O)[C@@H](C)C=CC=C(C)C(=O)NC5=C(N6CCOCC6)C(=O)c6c(c(O)c(C)c7c6C(=O)[C@@](C)(OC=C[C@H](OC)[C@H]4C)O7)C5=O)CC3)C2)c(F)cc2c(=O)c(C(=O)O)cn(C3CC3)c12. The number of carbonyl (C=O) groups is 6. The van der Waals surface area contributed by atoms with Gasteiger partial charge >= 0.3 is 17.8 Å². The van der Waals surface area contributed by atoms with Crippen LogP contribution < -0.4 is 30.4 Å². The summed E-state index contributed by atoms with van der Waals surface area (Å²) >= 11 is 0. The molecule has 3 aromatic rings. The van der Waals surface area contributed by atoms with Crippen molar-refractivity contribution in [2.24, 2.45) is 23.7 Å². The number of methoxy groups -OCH3 is 2. The number of rotatable bonds is 9. The Kier molecular flexibility index (Phi) is 17.8. The van der Waals surface area contributed by atoms with E-state index in [0.29, 0.717) is 51.0 Å². The van der Waals surface area contributed by atoms with E-state index >= 15 is 4.39 Å². The molecule has 8 aliphatic rings. The van der Waals surface area contributed by atoms with Crippen molar-refractivity contribution in [1.29, 1.82) is 0 Å². The Hall–Kier alpha value is -7.64. The van der Waals surface area contributed by atoms with Gasteiger partial charge in [0.1, 0.15) is 40.2 Å². The number of nitrogens with zero attached hydrogens (tertiary/aromatic N) is 4. The quantitative estimate of drug-likeness (QED) is 0.150. The number of aromatic carboxylic acids is 1. The second kappa shape index (κ2) is 24.9. The van der Waals surface area contributed by atoms with E-state index in [0.717, 1.165) is 18.9 Å². The lowest BCUT2D eigenvalue weighted by molar-refractivity contribution is -0.116. The van der Waals surface area contributed by atoms with Gasteiger partial charge in [-0.25, -0.2) is 14.0 Å². The highest BCUT2D eigenvalue weighted by Crippen LogP contribution is 2.50. The molecule has 5 bridgehead atoms. The molecule has 4 fully saturated rings. The second-order valence-electron chi connectivity index (χ2n) is 24.2. The molecule has 23 nitrogen and oxygen atoms in total. The van der Waals surface area contributed by atoms with Gasteiger partial charge in [-0.05, 0) is 58.1 Å². The van der Waals surface area contributed by atoms with Crippen LogP contribution in [-0.4, -0.2) is 179 Å². The number of aromatic hydroxyl groups is 1. The van der Waals surface area contributed by atoms with Gasteiger partial charge in [-0.1, -0.05) is 45.9 Å². The summed E-state index contributed by atoms with van der Waals surface area (Å²) in [6.07, 6.45) is 6.84. The third-order valence-electron chi connectivity index (χ3n) is 18.5. The van der Waals surface area contributed by atoms with Crippen LogP contribution in [0.25, 0.3) is 10.9 Å². The molecule has 2 aliphatic carbocycles. The van der Waals surface area contributed by atoms with Gasteiger partial charge < -0.3 is 78.7 Å². The van der Waals surface area contributed by atoms with Crippen molar-refractivity contribution in [3.8, 4) is 17.2 Å². The average molecular weight is 1210 g/mol. The number of carboxylic acids is 1. The average Bonchev–Trinajstić information content (AvgIpc) is 1.70. The molecule has 2 amide bonds. The first-order valence-electron chi connectivity index (χ1n) is 29.8. The van der Waals surface area contributed by atoms with Gasteiger partial charge in [0.2, 0.25) is 17.0 Å². The number of piperidine rings is 1. The lowest BCUT2D eigenvalue weighted by atomic mass is 9.78. The first-order valence-corrected chi connectivity index (χ1v) is 29.8. The number of allylic oxidation sites excluding steroid dienone is 4. The molecule has 87 heavy (non-hydrogen) atoms. The number of phenolic OH excluding ortho intramolecular Hbond substituents is 1. The summed E-state index contributed by atoms with van der Waals surface area (Å²) in [5, 5.41) is 51.7. The standard InChI is InChI=1S/C63H77FN6O17/c1-30-11-10-12-31(2)60(78)66-46-49(67-22-25-84-26-23-67)55(76)43-44(54(46)75)52(73)35(6)57-45(43)59(77)63(7,87-57)85-24-18-42(82-8)32(3)56(34(5)51(72)33(4)50(30)71)86-62(81)68-19-15-36(16-20-68)65-37-17-21-69(28-37)48-41(64)27-39-47(58(48)83-9)70(38-13-14-38)29-40(53(39)74)61(79)80/h10-12,18,24,27,29-30,32-34,36-38,42,50-51,56,65,71-73H,13-17,19-23,25-26,28H2,1-9H3,(H,66,78)(H,79,80)/t30-,32+,33+,34+,37?,42-,50-,51+,56+,63-/m0/s1. The Morgan fingerprint density at radius 3 is 2.18 bits per heavy atom. The summed E-state index contributed by atoms with van der Waals surface area (Å²) in [4.78, 5) is 103. The number of halogens is 1. The molecule has 0 radical (unpaired) electrons. The van der Waals surface area contributed by atoms with E-state index in [1.807, 2.05) is 4.90 Å². The fourth-order valence-electron chi connectivity index (χ4n) is 13.1. The molecule has 1 saturated carbocycles. The van der Waals surface area contributed by atoms with Crippen molar-refractivity contribution in [1.82, 2.24) is 25.0 Å². The van der Waals surface area contributed by atoms with Crippen LogP contribution in [0.15, 0.2) is 64.6 Å². The number of anilines is 1. The summed E-state index contributed by atoms with van der Waals surface area (Å²) < 4.78 is 54.0. The fourth-order valence-corrected chi connectivity index (χ4v) is 13.1. The first kappa shape index (κ1) is 62.4. The van der Waals surface area contributed by atoms with Gasteiger partial charge in [0.05, 0.1) is 72.5 Å². The highest BCUT2D eigenvalue weighted by molar-refractivity contribution is 6.32. The number of ether oxygens (including phenoxy) is 6. The molecule has 1 unspecified atom stereocenters. The van der Waals surface area contributed by atoms with Crippen LogP contribution in [-0.2, 0) is 23.7 Å². The summed E-state index contributed by atoms with van der Waals surface area (Å²) in [5.41, 5.74) is -2.37. The fraction of sp³-hybridized carbons (Fsp3) is 0.540. The molecule has 0 spiro atoms. The molecule has 6 aliphatic heterocycles. The zero-order chi connectivity index (χ0) is 62.7. The topological polar surface area (TPSA) is 294 Å². The number of morpholine rings is 1. The summed E-state index contributed by atoms with van der Waals surface area (Å²) in [7, 11) is 2.83. The Morgan fingerprint density at radius 2 is 1.53 bits per heavy atom. The number of aliphatic hydroxyl groups excluding tert-OH is 2. The number of aliphatic hydroxyl groups is 2. The van der Waals surface area contributed by atoms with E-state index in [-0.39, 0.29) is 89.4 Å². The maximum absolute atomic E-state index is 16.2. The number of benzene rings is 2. The number of phenols is 1. The van der Waals surface area contributed by atoms with E-state index in [1.165, 1.54) is 59.6 Å². The number of aromatic nitrogens is 1. The normalized spacial score (nSPS) is 28.7. The second-order valence-corrected chi connectivity index (χ2v) is 24.2. The number of amides is 2. The van der Waals surface area contributed by atoms with Crippen LogP contribution in [0.4, 0.5) is 14.9 Å². The summed E-state index contributed by atoms with van der Waals surface area (Å²) in [6, 6.07) is 0.943. The Labute approximate surface area is 502 Å². The number of likely N-dealkylation sites (tertiary alicyclic amines) is 1. The Morgan fingerprint density at radius 1 is 0.839 bits per heavy atom. The molecule has 10 atom stereocenters. The van der Waals surface area contributed by atoms with E-state index < -0.39 is 129 Å². The van der Waals surface area contributed by atoms with Gasteiger partial charge in [0, 0.05) is 112 Å². The van der Waals surface area contributed by atoms with E-state index in [1.54, 1.807) is 54.2 Å². The number of pyridine rings is 1. The zero-order valence-electron chi connectivity index (χ0n) is 50.3. The molecule has 3 saturated heterocycles. The lowest BCUT2D eigenvalue weighted by Gasteiger charge is -2.40. The van der Waals surface area contributed by atoms with Crippen LogP contribution in [0, 0.1) is 36.4 Å². The minimum Gasteiger partial charge on any atom is -0.507 e. The molecule has 24 heteroatoms. The lowest BCUT2D eigenvalue weighted by Crippen LogP contribution is -2.51. The van der Waals surface area contributed by atoms with Gasteiger partial charge in [-0.15, -0.1) is 0 Å². The number of fused-ring (bicyclic) bond motifs is 15. The highest BCUT2D eigenvalue weighted by atomic mass is 19.1. The van der Waals surface area contributed by atoms with Crippen LogP contribution >= 0.6 is 0 Å². The summed E-state index contributed by atoms with van der Waals surface area (Å²) in [6.45, 7) is 13.3. The molecule has 2 aromatic carbocycles. The van der Waals surface area contributed by atoms with Gasteiger partial charge in [-0.3, -0.25) is 24.0 Å². The van der Waals surface area contributed by atoms with Crippen molar-refractivity contribution in [3.63, 3.8) is 0 Å². The van der Waals surface area contributed by atoms with E-state index in [2.05, 4.69) is 10.6 Å². The Balaban J connectivity index is 0.878. The third-order valence-corrected chi connectivity index (χ3v) is 18.5. The monoisotopic (exact) mass is 1210 g/mol. The number of hydrogen-bond acceptors (Lipinski definition) is 19. The molecule has 6 N–H and O–H groups in total. The maximum atomic E-state index is 16.2.